The summed E-state index contributed by atoms with van der Waals surface area (Å²) in [6.07, 6.45) is 1.02. The van der Waals surface area contributed by atoms with Crippen LogP contribution in [0.3, 0.4) is 0 Å². The number of phenolic OH excluding ortho intramolecular Hbond substituents is 1. The Kier molecular flexibility index (Phi) is 6.52. The number of hydrogen-bond donors (Lipinski definition) is 1. The van der Waals surface area contributed by atoms with Gasteiger partial charge in [0.1, 0.15) is 11.3 Å². The predicted molar refractivity (Wildman–Crippen MR) is 97.1 cm³/mol. The van der Waals surface area contributed by atoms with E-state index in [0.29, 0.717) is 12.8 Å². The van der Waals surface area contributed by atoms with Gasteiger partial charge in [-0.15, -0.1) is 0 Å². The van der Waals surface area contributed by atoms with E-state index >= 15 is 0 Å². The highest BCUT2D eigenvalue weighted by Crippen LogP contribution is 2.23. The molecule has 1 N–H and O–H groups in total. The van der Waals surface area contributed by atoms with Gasteiger partial charge in [-0.25, -0.2) is 13.2 Å². The quantitative estimate of drug-likeness (QED) is 0.729. The fourth-order valence-electron chi connectivity index (χ4n) is 2.95. The number of esters is 1. The molecular formula is C17H22ClNO6S. The Labute approximate surface area is 157 Å². The minimum Gasteiger partial charge on any atom is -0.507 e. The standard InChI is InChI=1S/C17H22ClNO6S/c1-3-11(2)19(13-6-7-26(23,24)10-13)16(21)9-25-17(22)14-8-12(18)4-5-15(14)20/h4-5,8,11,13,20H,3,6-7,9-10H2,1-2H3/t11-,13-/m0/s1. The lowest BCUT2D eigenvalue weighted by Crippen LogP contribution is -2.48. The number of nitrogens with zero attached hydrogens (tertiary/aromatic N) is 1. The van der Waals surface area contributed by atoms with E-state index in [9.17, 15) is 23.1 Å². The molecule has 0 bridgehead atoms. The van der Waals surface area contributed by atoms with Crippen LogP contribution in [-0.2, 0) is 19.4 Å². The molecule has 2 rings (SSSR count). The molecule has 1 saturated heterocycles. The van der Waals surface area contributed by atoms with Gasteiger partial charge in [0.15, 0.2) is 16.4 Å². The molecule has 1 aliphatic rings. The Morgan fingerprint density at radius 1 is 1.42 bits per heavy atom. The summed E-state index contributed by atoms with van der Waals surface area (Å²) in [7, 11) is -3.15. The summed E-state index contributed by atoms with van der Waals surface area (Å²) >= 11 is 5.80. The van der Waals surface area contributed by atoms with Crippen LogP contribution in [0.4, 0.5) is 0 Å². The van der Waals surface area contributed by atoms with Crippen molar-refractivity contribution < 1.29 is 27.9 Å². The molecule has 1 aromatic rings. The van der Waals surface area contributed by atoms with Crippen LogP contribution in [0.25, 0.3) is 0 Å². The molecule has 1 aromatic carbocycles. The Hall–Kier alpha value is -1.80. The number of carbonyl (C=O) groups is 2. The summed E-state index contributed by atoms with van der Waals surface area (Å²) in [6, 6.07) is 3.33. The van der Waals surface area contributed by atoms with E-state index in [1.54, 1.807) is 0 Å². The fraction of sp³-hybridized carbons (Fsp3) is 0.529. The second-order valence-electron chi connectivity index (χ2n) is 6.35. The van der Waals surface area contributed by atoms with Gasteiger partial charge in [-0.2, -0.15) is 0 Å². The normalized spacial score (nSPS) is 19.7. The van der Waals surface area contributed by atoms with Gasteiger partial charge in [-0.3, -0.25) is 4.79 Å². The van der Waals surface area contributed by atoms with Crippen molar-refractivity contribution in [2.45, 2.75) is 38.8 Å². The van der Waals surface area contributed by atoms with Crippen molar-refractivity contribution >= 4 is 33.3 Å². The average molecular weight is 404 g/mol. The molecule has 0 saturated carbocycles. The van der Waals surface area contributed by atoms with Crippen molar-refractivity contribution in [3.63, 3.8) is 0 Å². The van der Waals surface area contributed by atoms with Gasteiger partial charge < -0.3 is 14.7 Å². The minimum atomic E-state index is -3.15. The molecule has 0 aromatic heterocycles. The highest BCUT2D eigenvalue weighted by molar-refractivity contribution is 7.91. The van der Waals surface area contributed by atoms with Crippen molar-refractivity contribution in [1.29, 1.82) is 0 Å². The molecule has 0 radical (unpaired) electrons. The molecule has 0 spiro atoms. The zero-order valence-corrected chi connectivity index (χ0v) is 16.2. The van der Waals surface area contributed by atoms with Gasteiger partial charge in [0.25, 0.3) is 5.91 Å². The lowest BCUT2D eigenvalue weighted by Gasteiger charge is -2.33. The summed E-state index contributed by atoms with van der Waals surface area (Å²) in [6.45, 7) is 3.18. The monoisotopic (exact) mass is 403 g/mol. The average Bonchev–Trinajstić information content (AvgIpc) is 2.94. The third-order valence-corrected chi connectivity index (χ3v) is 6.45. The number of sulfone groups is 1. The lowest BCUT2D eigenvalue weighted by molar-refractivity contribution is -0.138. The SMILES string of the molecule is CC[C@H](C)N(C(=O)COC(=O)c1cc(Cl)ccc1O)[C@H]1CCS(=O)(=O)C1. The number of phenols is 1. The van der Waals surface area contributed by atoms with E-state index < -0.39 is 34.4 Å². The Morgan fingerprint density at radius 3 is 2.69 bits per heavy atom. The minimum absolute atomic E-state index is 0.0497. The first kappa shape index (κ1) is 20.5. The number of hydrogen-bond acceptors (Lipinski definition) is 6. The van der Waals surface area contributed by atoms with E-state index in [1.165, 1.54) is 23.1 Å². The van der Waals surface area contributed by atoms with E-state index in [2.05, 4.69) is 0 Å². The maximum Gasteiger partial charge on any atom is 0.342 e. The summed E-state index contributed by atoms with van der Waals surface area (Å²) < 4.78 is 28.5. The first-order valence-corrected chi connectivity index (χ1v) is 10.5. The van der Waals surface area contributed by atoms with Gasteiger partial charge >= 0.3 is 5.97 Å². The topological polar surface area (TPSA) is 101 Å². The molecule has 2 atom stereocenters. The highest BCUT2D eigenvalue weighted by atomic mass is 35.5. The smallest absolute Gasteiger partial charge is 0.342 e. The van der Waals surface area contributed by atoms with Crippen LogP contribution >= 0.6 is 11.6 Å². The van der Waals surface area contributed by atoms with Crippen LogP contribution in [0.1, 0.15) is 37.0 Å². The Balaban J connectivity index is 2.07. The lowest BCUT2D eigenvalue weighted by atomic mass is 10.1. The second kappa shape index (κ2) is 8.26. The van der Waals surface area contributed by atoms with Crippen LogP contribution in [-0.4, -0.2) is 60.5 Å². The molecule has 7 nitrogen and oxygen atoms in total. The Bertz CT molecular complexity index is 794. The van der Waals surface area contributed by atoms with Crippen molar-refractivity contribution in [3.8, 4) is 5.75 Å². The van der Waals surface area contributed by atoms with Gasteiger partial charge in [-0.1, -0.05) is 18.5 Å². The summed E-state index contributed by atoms with van der Waals surface area (Å²) in [4.78, 5) is 26.2. The molecule has 0 aliphatic carbocycles. The molecule has 1 heterocycles. The van der Waals surface area contributed by atoms with Crippen molar-refractivity contribution in [2.24, 2.45) is 0 Å². The van der Waals surface area contributed by atoms with E-state index in [0.717, 1.165) is 0 Å². The van der Waals surface area contributed by atoms with Crippen LogP contribution in [0.2, 0.25) is 5.02 Å². The van der Waals surface area contributed by atoms with Crippen molar-refractivity contribution in [3.05, 3.63) is 28.8 Å². The molecule has 9 heteroatoms. The highest BCUT2D eigenvalue weighted by Gasteiger charge is 2.36. The maximum absolute atomic E-state index is 12.6. The number of aromatic hydroxyl groups is 1. The van der Waals surface area contributed by atoms with Crippen LogP contribution < -0.4 is 0 Å². The van der Waals surface area contributed by atoms with E-state index in [-0.39, 0.29) is 33.9 Å². The molecule has 1 amide bonds. The maximum atomic E-state index is 12.6. The molecule has 0 unspecified atom stereocenters. The van der Waals surface area contributed by atoms with Crippen LogP contribution in [0.5, 0.6) is 5.75 Å². The van der Waals surface area contributed by atoms with Crippen LogP contribution in [0.15, 0.2) is 18.2 Å². The van der Waals surface area contributed by atoms with Crippen LogP contribution in [0, 0.1) is 0 Å². The van der Waals surface area contributed by atoms with Gasteiger partial charge in [0.05, 0.1) is 11.5 Å². The number of carbonyl (C=O) groups excluding carboxylic acids is 2. The second-order valence-corrected chi connectivity index (χ2v) is 9.02. The third kappa shape index (κ3) is 4.88. The molecule has 144 valence electrons. The molecule has 1 fully saturated rings. The number of ether oxygens (including phenoxy) is 1. The first-order valence-electron chi connectivity index (χ1n) is 8.32. The number of rotatable bonds is 6. The van der Waals surface area contributed by atoms with Gasteiger partial charge in [0.2, 0.25) is 0 Å². The molecule has 1 aliphatic heterocycles. The summed E-state index contributed by atoms with van der Waals surface area (Å²) in [5.74, 6) is -1.66. The number of benzene rings is 1. The Morgan fingerprint density at radius 2 is 2.12 bits per heavy atom. The van der Waals surface area contributed by atoms with Crippen molar-refractivity contribution in [2.75, 3.05) is 18.1 Å². The molecule has 26 heavy (non-hydrogen) atoms. The first-order chi connectivity index (χ1) is 12.1. The van der Waals surface area contributed by atoms with Gasteiger partial charge in [0, 0.05) is 17.1 Å². The van der Waals surface area contributed by atoms with Crippen molar-refractivity contribution in [1.82, 2.24) is 4.90 Å². The van der Waals surface area contributed by atoms with E-state index in [1.807, 2.05) is 13.8 Å². The van der Waals surface area contributed by atoms with Gasteiger partial charge in [-0.05, 0) is 38.0 Å². The zero-order valence-electron chi connectivity index (χ0n) is 14.6. The predicted octanol–water partition coefficient (Wildman–Crippen LogP) is 2.02. The molecular weight excluding hydrogens is 382 g/mol. The van der Waals surface area contributed by atoms with E-state index in [4.69, 9.17) is 16.3 Å². The third-order valence-electron chi connectivity index (χ3n) is 4.46. The fourth-order valence-corrected chi connectivity index (χ4v) is 4.84. The summed E-state index contributed by atoms with van der Waals surface area (Å²) in [5.41, 5.74) is -0.135. The largest absolute Gasteiger partial charge is 0.507 e. The zero-order chi connectivity index (χ0) is 19.5. The number of amides is 1. The summed E-state index contributed by atoms with van der Waals surface area (Å²) in [5, 5.41) is 9.96. The number of halogens is 1.